The predicted octanol–water partition coefficient (Wildman–Crippen LogP) is 2.28. The summed E-state index contributed by atoms with van der Waals surface area (Å²) in [7, 11) is 1.86. The maximum atomic E-state index is 12.7. The van der Waals surface area contributed by atoms with Crippen molar-refractivity contribution in [3.8, 4) is 11.4 Å². The number of carbonyl (C=O) groups is 1. The standard InChI is InChI=1S/C22H25N5O2/c1-14-13-29-11-10-27(14)20-12-19(17-7-9-26(2)22(17)28)24-21(25-20)16-6-8-23-18-5-3-4-15(16)18/h3-4,6,8,12,14,17H,5,7,9-11,13H2,1-2H3/t14-,17?/m1/s1. The van der Waals surface area contributed by atoms with E-state index in [1.807, 2.05) is 25.4 Å². The zero-order valence-corrected chi connectivity index (χ0v) is 16.8. The van der Waals surface area contributed by atoms with Gasteiger partial charge in [0, 0.05) is 49.9 Å². The Balaban J connectivity index is 1.64. The summed E-state index contributed by atoms with van der Waals surface area (Å²) >= 11 is 0. The smallest absolute Gasteiger partial charge is 0.231 e. The van der Waals surface area contributed by atoms with Crippen LogP contribution in [-0.4, -0.2) is 65.2 Å². The van der Waals surface area contributed by atoms with E-state index >= 15 is 0 Å². The number of aromatic nitrogens is 3. The van der Waals surface area contributed by atoms with Crippen molar-refractivity contribution < 1.29 is 9.53 Å². The van der Waals surface area contributed by atoms with Crippen LogP contribution in [0.15, 0.2) is 24.4 Å². The monoisotopic (exact) mass is 391 g/mol. The van der Waals surface area contributed by atoms with Crippen LogP contribution in [-0.2, 0) is 16.0 Å². The lowest BCUT2D eigenvalue weighted by Gasteiger charge is -2.34. The second kappa shape index (κ2) is 7.22. The van der Waals surface area contributed by atoms with Gasteiger partial charge in [0.05, 0.1) is 36.6 Å². The molecule has 2 saturated heterocycles. The van der Waals surface area contributed by atoms with Crippen molar-refractivity contribution in [1.82, 2.24) is 19.9 Å². The van der Waals surface area contributed by atoms with Gasteiger partial charge in [0.25, 0.3) is 0 Å². The minimum Gasteiger partial charge on any atom is -0.377 e. The molecule has 5 rings (SSSR count). The Morgan fingerprint density at radius 1 is 1.24 bits per heavy atom. The summed E-state index contributed by atoms with van der Waals surface area (Å²) in [6.45, 7) is 5.04. The lowest BCUT2D eigenvalue weighted by atomic mass is 10.0. The summed E-state index contributed by atoms with van der Waals surface area (Å²) in [6.07, 6.45) is 7.66. The zero-order chi connectivity index (χ0) is 20.0. The van der Waals surface area contributed by atoms with Crippen LogP contribution in [0.1, 0.15) is 36.2 Å². The average molecular weight is 391 g/mol. The first-order chi connectivity index (χ1) is 14.1. The SMILES string of the molecule is C[C@@H]1COCCN1c1cc(C2CCN(C)C2=O)nc(-c2ccnc3c2C=CC3)n1. The Morgan fingerprint density at radius 2 is 2.14 bits per heavy atom. The van der Waals surface area contributed by atoms with E-state index < -0.39 is 0 Å². The number of pyridine rings is 1. The van der Waals surface area contributed by atoms with Crippen LogP contribution in [0, 0.1) is 0 Å². The number of morpholine rings is 1. The van der Waals surface area contributed by atoms with Gasteiger partial charge in [0.2, 0.25) is 5.91 Å². The largest absolute Gasteiger partial charge is 0.377 e. The summed E-state index contributed by atoms with van der Waals surface area (Å²) in [5.74, 6) is 1.47. The molecule has 0 saturated carbocycles. The van der Waals surface area contributed by atoms with Crippen molar-refractivity contribution in [1.29, 1.82) is 0 Å². The molecule has 29 heavy (non-hydrogen) atoms. The summed E-state index contributed by atoms with van der Waals surface area (Å²) in [5.41, 5.74) is 3.92. The number of allylic oxidation sites excluding steroid dienone is 1. The van der Waals surface area contributed by atoms with Crippen LogP contribution in [0.4, 0.5) is 5.82 Å². The van der Waals surface area contributed by atoms with Gasteiger partial charge in [-0.2, -0.15) is 0 Å². The molecule has 1 unspecified atom stereocenters. The molecule has 2 atom stereocenters. The lowest BCUT2D eigenvalue weighted by molar-refractivity contribution is -0.127. The minimum absolute atomic E-state index is 0.135. The highest BCUT2D eigenvalue weighted by Gasteiger charge is 2.33. The normalized spacial score (nSPS) is 23.7. The first kappa shape index (κ1) is 18.2. The number of fused-ring (bicyclic) bond motifs is 1. The van der Waals surface area contributed by atoms with Gasteiger partial charge >= 0.3 is 0 Å². The molecular weight excluding hydrogens is 366 g/mol. The number of nitrogens with zero attached hydrogens (tertiary/aromatic N) is 5. The van der Waals surface area contributed by atoms with E-state index in [2.05, 4.69) is 29.0 Å². The first-order valence-corrected chi connectivity index (χ1v) is 10.2. The predicted molar refractivity (Wildman–Crippen MR) is 111 cm³/mol. The van der Waals surface area contributed by atoms with Gasteiger partial charge in [0.1, 0.15) is 5.82 Å². The van der Waals surface area contributed by atoms with Crippen molar-refractivity contribution in [3.63, 3.8) is 0 Å². The van der Waals surface area contributed by atoms with Gasteiger partial charge in [-0.1, -0.05) is 12.2 Å². The molecule has 0 aromatic carbocycles. The van der Waals surface area contributed by atoms with E-state index in [-0.39, 0.29) is 17.9 Å². The van der Waals surface area contributed by atoms with Crippen LogP contribution >= 0.6 is 0 Å². The number of hydrogen-bond acceptors (Lipinski definition) is 6. The molecule has 2 aromatic rings. The minimum atomic E-state index is -0.206. The molecule has 0 N–H and O–H groups in total. The molecule has 0 radical (unpaired) electrons. The molecule has 7 heteroatoms. The van der Waals surface area contributed by atoms with E-state index in [0.29, 0.717) is 19.0 Å². The number of likely N-dealkylation sites (N-methyl/N-ethyl adjacent to an activating group) is 1. The molecule has 2 aliphatic heterocycles. The van der Waals surface area contributed by atoms with Crippen molar-refractivity contribution in [2.24, 2.45) is 0 Å². The van der Waals surface area contributed by atoms with Crippen LogP contribution in [0.5, 0.6) is 0 Å². The number of hydrogen-bond donors (Lipinski definition) is 0. The molecule has 2 aromatic heterocycles. The van der Waals surface area contributed by atoms with E-state index in [0.717, 1.165) is 54.3 Å². The number of ether oxygens (including phenoxy) is 1. The van der Waals surface area contributed by atoms with Gasteiger partial charge in [-0.05, 0) is 19.4 Å². The molecule has 3 aliphatic rings. The Hall–Kier alpha value is -2.80. The number of rotatable bonds is 3. The highest BCUT2D eigenvalue weighted by molar-refractivity contribution is 5.85. The summed E-state index contributed by atoms with van der Waals surface area (Å²) in [4.78, 5) is 31.1. The molecule has 0 bridgehead atoms. The molecule has 1 aliphatic carbocycles. The van der Waals surface area contributed by atoms with Crippen molar-refractivity contribution in [2.75, 3.05) is 38.3 Å². The molecule has 150 valence electrons. The highest BCUT2D eigenvalue weighted by Crippen LogP contribution is 2.33. The molecule has 4 heterocycles. The molecule has 0 spiro atoms. The van der Waals surface area contributed by atoms with Crippen LogP contribution in [0.25, 0.3) is 17.5 Å². The number of amides is 1. The van der Waals surface area contributed by atoms with Crippen LogP contribution in [0.2, 0.25) is 0 Å². The maximum absolute atomic E-state index is 12.7. The van der Waals surface area contributed by atoms with E-state index in [1.165, 1.54) is 0 Å². The quantitative estimate of drug-likeness (QED) is 0.799. The zero-order valence-electron chi connectivity index (χ0n) is 16.8. The van der Waals surface area contributed by atoms with E-state index in [9.17, 15) is 4.79 Å². The third-order valence-corrected chi connectivity index (χ3v) is 6.09. The van der Waals surface area contributed by atoms with Crippen LogP contribution in [0.3, 0.4) is 0 Å². The number of likely N-dealkylation sites (tertiary alicyclic amines) is 1. The van der Waals surface area contributed by atoms with Gasteiger partial charge in [-0.25, -0.2) is 9.97 Å². The van der Waals surface area contributed by atoms with Gasteiger partial charge in [-0.3, -0.25) is 9.78 Å². The Bertz CT molecular complexity index is 989. The number of anilines is 1. The Morgan fingerprint density at radius 3 is 2.93 bits per heavy atom. The summed E-state index contributed by atoms with van der Waals surface area (Å²) in [6, 6.07) is 4.21. The van der Waals surface area contributed by atoms with Crippen molar-refractivity contribution in [2.45, 2.75) is 31.7 Å². The molecular formula is C22H25N5O2. The second-order valence-corrected chi connectivity index (χ2v) is 8.02. The van der Waals surface area contributed by atoms with E-state index in [1.54, 1.807) is 4.90 Å². The Labute approximate surface area is 170 Å². The summed E-state index contributed by atoms with van der Waals surface area (Å²) in [5, 5.41) is 0. The second-order valence-electron chi connectivity index (χ2n) is 8.02. The lowest BCUT2D eigenvalue weighted by Crippen LogP contribution is -2.44. The molecule has 2 fully saturated rings. The highest BCUT2D eigenvalue weighted by atomic mass is 16.5. The number of carbonyl (C=O) groups excluding carboxylic acids is 1. The van der Waals surface area contributed by atoms with Crippen molar-refractivity contribution >= 4 is 17.8 Å². The van der Waals surface area contributed by atoms with Gasteiger partial charge in [0.15, 0.2) is 5.82 Å². The maximum Gasteiger partial charge on any atom is 0.231 e. The third kappa shape index (κ3) is 3.19. The summed E-state index contributed by atoms with van der Waals surface area (Å²) < 4.78 is 5.61. The van der Waals surface area contributed by atoms with Crippen molar-refractivity contribution in [3.05, 3.63) is 41.4 Å². The van der Waals surface area contributed by atoms with Gasteiger partial charge in [-0.15, -0.1) is 0 Å². The fourth-order valence-corrected chi connectivity index (χ4v) is 4.41. The fourth-order valence-electron chi connectivity index (χ4n) is 4.41. The third-order valence-electron chi connectivity index (χ3n) is 6.09. The Kier molecular flexibility index (Phi) is 4.54. The fraction of sp³-hybridized carbons (Fsp3) is 0.455. The molecule has 7 nitrogen and oxygen atoms in total. The topological polar surface area (TPSA) is 71.5 Å². The molecule has 1 amide bonds. The average Bonchev–Trinajstić information content (AvgIpc) is 3.35. The first-order valence-electron chi connectivity index (χ1n) is 10.2. The van der Waals surface area contributed by atoms with E-state index in [4.69, 9.17) is 14.7 Å². The van der Waals surface area contributed by atoms with Crippen LogP contribution < -0.4 is 4.90 Å². The van der Waals surface area contributed by atoms with Gasteiger partial charge < -0.3 is 14.5 Å².